The molecule has 0 aromatic carbocycles. The summed E-state index contributed by atoms with van der Waals surface area (Å²) in [4.78, 5) is 29.6. The number of halogens is 3. The maximum Gasteiger partial charge on any atom is 0.391 e. The van der Waals surface area contributed by atoms with E-state index >= 15 is 0 Å². The van der Waals surface area contributed by atoms with E-state index in [0.717, 1.165) is 0 Å². The van der Waals surface area contributed by atoms with Crippen LogP contribution in [0.3, 0.4) is 0 Å². The van der Waals surface area contributed by atoms with Crippen LogP contribution < -0.4 is 10.6 Å². The number of hydrogen-bond donors (Lipinski definition) is 2. The Labute approximate surface area is 177 Å². The number of esters is 1. The number of rotatable bonds is 7. The van der Waals surface area contributed by atoms with Crippen LogP contribution in [0, 0.1) is 5.92 Å². The van der Waals surface area contributed by atoms with E-state index in [9.17, 15) is 22.8 Å². The molecule has 2 aromatic heterocycles. The molecule has 0 aliphatic carbocycles. The van der Waals surface area contributed by atoms with E-state index in [1.165, 1.54) is 20.2 Å². The minimum absolute atomic E-state index is 0.125. The SMILES string of the molecule is CCn1c(C(=O)OC)c(NC(=O)[C@@H]2CCOC2)c2cc(N[C@@H](C)CC(F)(F)F)cnc21. The van der Waals surface area contributed by atoms with E-state index < -0.39 is 24.6 Å². The molecule has 0 bridgehead atoms. The molecule has 3 heterocycles. The Morgan fingerprint density at radius 2 is 2.16 bits per heavy atom. The molecular weight excluding hydrogens is 417 g/mol. The Kier molecular flexibility index (Phi) is 6.73. The quantitative estimate of drug-likeness (QED) is 0.637. The zero-order chi connectivity index (χ0) is 22.8. The van der Waals surface area contributed by atoms with Gasteiger partial charge in [-0.05, 0) is 26.3 Å². The second-order valence-corrected chi connectivity index (χ2v) is 7.47. The molecule has 8 nitrogen and oxygen atoms in total. The fourth-order valence-electron chi connectivity index (χ4n) is 3.70. The normalized spacial score (nSPS) is 17.5. The molecule has 0 radical (unpaired) electrons. The van der Waals surface area contributed by atoms with Gasteiger partial charge in [0.1, 0.15) is 5.65 Å². The molecule has 0 spiro atoms. The van der Waals surface area contributed by atoms with Crippen molar-refractivity contribution < 1.29 is 32.2 Å². The van der Waals surface area contributed by atoms with Gasteiger partial charge in [-0.2, -0.15) is 13.2 Å². The van der Waals surface area contributed by atoms with Crippen LogP contribution in [0.5, 0.6) is 0 Å². The number of carbonyl (C=O) groups is 2. The van der Waals surface area contributed by atoms with Crippen LogP contribution >= 0.6 is 0 Å². The smallest absolute Gasteiger partial charge is 0.391 e. The number of hydrogen-bond acceptors (Lipinski definition) is 6. The predicted molar refractivity (Wildman–Crippen MR) is 108 cm³/mol. The summed E-state index contributed by atoms with van der Waals surface area (Å²) in [6.45, 7) is 4.35. The average Bonchev–Trinajstić information content (AvgIpc) is 3.32. The Hall–Kier alpha value is -2.82. The summed E-state index contributed by atoms with van der Waals surface area (Å²) in [5.41, 5.74) is 1.10. The highest BCUT2D eigenvalue weighted by atomic mass is 19.4. The molecule has 1 aliphatic rings. The molecule has 1 saturated heterocycles. The van der Waals surface area contributed by atoms with E-state index in [2.05, 4.69) is 15.6 Å². The predicted octanol–water partition coefficient (Wildman–Crippen LogP) is 3.57. The second kappa shape index (κ2) is 9.13. The maximum atomic E-state index is 12.7. The summed E-state index contributed by atoms with van der Waals surface area (Å²) in [6.07, 6.45) is -3.36. The van der Waals surface area contributed by atoms with E-state index in [-0.39, 0.29) is 29.8 Å². The van der Waals surface area contributed by atoms with E-state index in [1.54, 1.807) is 10.6 Å². The third-order valence-electron chi connectivity index (χ3n) is 5.09. The molecule has 3 rings (SSSR count). The minimum Gasteiger partial charge on any atom is -0.464 e. The van der Waals surface area contributed by atoms with Crippen molar-refractivity contribution in [2.75, 3.05) is 31.0 Å². The van der Waals surface area contributed by atoms with Crippen molar-refractivity contribution >= 4 is 34.3 Å². The van der Waals surface area contributed by atoms with Gasteiger partial charge in [-0.1, -0.05) is 0 Å². The summed E-state index contributed by atoms with van der Waals surface area (Å²) >= 11 is 0. The first-order valence-corrected chi connectivity index (χ1v) is 9.97. The standard InChI is InChI=1S/C20H25F3N4O4/c1-4-27-16(19(29)30-3)15(26-18(28)12-5-6-31-10-12)14-7-13(9-24-17(14)27)25-11(2)8-20(21,22)23/h7,9,11-12,25H,4-6,8,10H2,1-3H3,(H,26,28)/t11-,12+/m0/s1. The number of aromatic nitrogens is 2. The van der Waals surface area contributed by atoms with Gasteiger partial charge < -0.3 is 24.7 Å². The van der Waals surface area contributed by atoms with Gasteiger partial charge in [0.15, 0.2) is 5.69 Å². The molecule has 0 unspecified atom stereocenters. The monoisotopic (exact) mass is 442 g/mol. The Balaban J connectivity index is 2.03. The van der Waals surface area contributed by atoms with Crippen LogP contribution in [0.1, 0.15) is 37.2 Å². The Bertz CT molecular complexity index is 967. The van der Waals surface area contributed by atoms with Crippen LogP contribution in [-0.2, 0) is 20.8 Å². The summed E-state index contributed by atoms with van der Waals surface area (Å²) in [6, 6.07) is 0.690. The first-order valence-electron chi connectivity index (χ1n) is 9.97. The lowest BCUT2D eigenvalue weighted by Crippen LogP contribution is -2.24. The summed E-state index contributed by atoms with van der Waals surface area (Å²) in [7, 11) is 1.23. The van der Waals surface area contributed by atoms with Crippen LogP contribution in [0.15, 0.2) is 12.3 Å². The number of aryl methyl sites for hydroxylation is 1. The Morgan fingerprint density at radius 3 is 2.74 bits per heavy atom. The molecule has 2 N–H and O–H groups in total. The highest BCUT2D eigenvalue weighted by molar-refractivity contribution is 6.11. The zero-order valence-corrected chi connectivity index (χ0v) is 17.5. The van der Waals surface area contributed by atoms with Crippen molar-refractivity contribution in [2.24, 2.45) is 5.92 Å². The van der Waals surface area contributed by atoms with Crippen LogP contribution in [0.25, 0.3) is 11.0 Å². The topological polar surface area (TPSA) is 94.5 Å². The highest BCUT2D eigenvalue weighted by Crippen LogP contribution is 2.34. The number of ether oxygens (including phenoxy) is 2. The lowest BCUT2D eigenvalue weighted by atomic mass is 10.1. The van der Waals surface area contributed by atoms with Crippen molar-refractivity contribution in [1.29, 1.82) is 0 Å². The molecule has 1 fully saturated rings. The number of nitrogens with zero attached hydrogens (tertiary/aromatic N) is 2. The molecule has 170 valence electrons. The summed E-state index contributed by atoms with van der Waals surface area (Å²) < 4.78 is 49.8. The lowest BCUT2D eigenvalue weighted by molar-refractivity contribution is -0.136. The summed E-state index contributed by atoms with van der Waals surface area (Å²) in [5, 5.41) is 6.00. The molecule has 2 aromatic rings. The van der Waals surface area contributed by atoms with Gasteiger partial charge in [0.2, 0.25) is 5.91 Å². The molecule has 0 saturated carbocycles. The summed E-state index contributed by atoms with van der Waals surface area (Å²) in [5.74, 6) is -1.31. The number of anilines is 2. The van der Waals surface area contributed by atoms with Crippen molar-refractivity contribution in [3.05, 3.63) is 18.0 Å². The lowest BCUT2D eigenvalue weighted by Gasteiger charge is -2.17. The number of alkyl halides is 3. The van der Waals surface area contributed by atoms with Gasteiger partial charge >= 0.3 is 12.1 Å². The molecule has 2 atom stereocenters. The van der Waals surface area contributed by atoms with Gasteiger partial charge in [0.05, 0.1) is 43.6 Å². The van der Waals surface area contributed by atoms with Crippen molar-refractivity contribution in [2.45, 2.75) is 45.5 Å². The molecule has 11 heteroatoms. The molecular formula is C20H25F3N4O4. The highest BCUT2D eigenvalue weighted by Gasteiger charge is 2.31. The van der Waals surface area contributed by atoms with E-state index in [4.69, 9.17) is 9.47 Å². The van der Waals surface area contributed by atoms with Crippen LogP contribution in [0.2, 0.25) is 0 Å². The first kappa shape index (κ1) is 22.9. The van der Waals surface area contributed by atoms with Gasteiger partial charge in [0.25, 0.3) is 0 Å². The van der Waals surface area contributed by atoms with Gasteiger partial charge in [-0.25, -0.2) is 9.78 Å². The minimum atomic E-state index is -4.31. The van der Waals surface area contributed by atoms with Crippen molar-refractivity contribution in [1.82, 2.24) is 9.55 Å². The number of carbonyl (C=O) groups excluding carboxylic acids is 2. The second-order valence-electron chi connectivity index (χ2n) is 7.47. The number of fused-ring (bicyclic) bond motifs is 1. The van der Waals surface area contributed by atoms with Crippen LogP contribution in [0.4, 0.5) is 24.5 Å². The van der Waals surface area contributed by atoms with E-state index in [1.807, 2.05) is 6.92 Å². The zero-order valence-electron chi connectivity index (χ0n) is 17.5. The largest absolute Gasteiger partial charge is 0.464 e. The average molecular weight is 442 g/mol. The fourth-order valence-corrected chi connectivity index (χ4v) is 3.70. The van der Waals surface area contributed by atoms with Crippen molar-refractivity contribution in [3.8, 4) is 0 Å². The number of methoxy groups -OCH3 is 1. The number of amides is 1. The molecule has 1 aliphatic heterocycles. The molecule has 1 amide bonds. The Morgan fingerprint density at radius 1 is 1.42 bits per heavy atom. The fraction of sp³-hybridized carbons (Fsp3) is 0.550. The van der Waals surface area contributed by atoms with Gasteiger partial charge in [-0.3, -0.25) is 4.79 Å². The van der Waals surface area contributed by atoms with Gasteiger partial charge in [-0.15, -0.1) is 0 Å². The third-order valence-corrected chi connectivity index (χ3v) is 5.09. The molecule has 31 heavy (non-hydrogen) atoms. The van der Waals surface area contributed by atoms with Gasteiger partial charge in [0, 0.05) is 24.6 Å². The number of nitrogens with one attached hydrogen (secondary N) is 2. The first-order chi connectivity index (χ1) is 14.6. The van der Waals surface area contributed by atoms with Crippen LogP contribution in [-0.4, -0.2) is 54.0 Å². The third kappa shape index (κ3) is 5.09. The number of pyridine rings is 1. The van der Waals surface area contributed by atoms with Crippen molar-refractivity contribution in [3.63, 3.8) is 0 Å². The van der Waals surface area contributed by atoms with E-state index in [0.29, 0.717) is 36.3 Å². The maximum absolute atomic E-state index is 12.7.